The quantitative estimate of drug-likeness (QED) is 0.584. The fraction of sp³-hybridized carbons (Fsp3) is 0.583. The summed E-state index contributed by atoms with van der Waals surface area (Å²) in [4.78, 5) is 13.6. The zero-order chi connectivity index (χ0) is 23.4. The van der Waals surface area contributed by atoms with E-state index < -0.39 is 18.1 Å². The van der Waals surface area contributed by atoms with E-state index in [4.69, 9.17) is 18.7 Å². The lowest BCUT2D eigenvalue weighted by atomic mass is 10.1. The van der Waals surface area contributed by atoms with Gasteiger partial charge < -0.3 is 24.1 Å². The van der Waals surface area contributed by atoms with Crippen LogP contribution in [0.2, 0.25) is 0 Å². The average molecular weight is 465 g/mol. The van der Waals surface area contributed by atoms with Crippen molar-refractivity contribution in [3.05, 3.63) is 29.7 Å². The van der Waals surface area contributed by atoms with E-state index in [0.29, 0.717) is 17.4 Å². The van der Waals surface area contributed by atoms with Gasteiger partial charge in [-0.2, -0.15) is 0 Å². The number of fused-ring (bicyclic) bond motifs is 2. The maximum Gasteiger partial charge on any atom is 0.167 e. The second-order valence-corrected chi connectivity index (χ2v) is 9.65. The number of aromatic nitrogens is 5. The minimum Gasteiger partial charge on any atom is -0.365 e. The standard InChI is InChI=1S/C24H28N6O4/c1-13-16(14(2)34-29-13)9-10-17-19-20(33-24(3,4)32-19)23(31-17)30-12-27-18-21(25-11-26-22(18)30)28-15-7-5-6-8-15/h11-12,15,17,19-20,23H,5-8H2,1-4H3,(H,25,26,28)/t17-,19-,20+,23-/m1/s1. The summed E-state index contributed by atoms with van der Waals surface area (Å²) >= 11 is 0. The highest BCUT2D eigenvalue weighted by molar-refractivity contribution is 5.82. The molecule has 34 heavy (non-hydrogen) atoms. The number of anilines is 1. The second kappa shape index (κ2) is 8.05. The maximum atomic E-state index is 6.39. The van der Waals surface area contributed by atoms with Gasteiger partial charge in [0.15, 0.2) is 29.0 Å². The molecule has 0 bridgehead atoms. The minimum absolute atomic E-state index is 0.358. The monoisotopic (exact) mass is 464 g/mol. The predicted molar refractivity (Wildman–Crippen MR) is 122 cm³/mol. The van der Waals surface area contributed by atoms with E-state index in [9.17, 15) is 0 Å². The Kier molecular flexibility index (Phi) is 5.09. The van der Waals surface area contributed by atoms with E-state index in [-0.39, 0.29) is 12.2 Å². The van der Waals surface area contributed by atoms with Gasteiger partial charge in [0.1, 0.15) is 30.4 Å². The number of imidazole rings is 1. The summed E-state index contributed by atoms with van der Waals surface area (Å²) in [5, 5.41) is 7.52. The van der Waals surface area contributed by atoms with Crippen LogP contribution in [0.25, 0.3) is 11.2 Å². The lowest BCUT2D eigenvalue weighted by Gasteiger charge is -2.23. The molecule has 4 atom stereocenters. The average Bonchev–Trinajstić information content (AvgIpc) is 3.60. The molecule has 5 heterocycles. The molecule has 0 aromatic carbocycles. The largest absolute Gasteiger partial charge is 0.365 e. The molecule has 1 N–H and O–H groups in total. The Morgan fingerprint density at radius 3 is 2.65 bits per heavy atom. The summed E-state index contributed by atoms with van der Waals surface area (Å²) in [5.41, 5.74) is 2.93. The molecule has 178 valence electrons. The Labute approximate surface area is 197 Å². The Hall–Kier alpha value is -3.00. The molecule has 3 aliphatic rings. The van der Waals surface area contributed by atoms with Crippen molar-refractivity contribution >= 4 is 17.0 Å². The number of hydrogen-bond acceptors (Lipinski definition) is 9. The molecule has 3 fully saturated rings. The van der Waals surface area contributed by atoms with Gasteiger partial charge in [-0.15, -0.1) is 0 Å². The highest BCUT2D eigenvalue weighted by Gasteiger charge is 2.56. The van der Waals surface area contributed by atoms with E-state index in [1.165, 1.54) is 12.8 Å². The molecule has 0 amide bonds. The predicted octanol–water partition coefficient (Wildman–Crippen LogP) is 3.25. The lowest BCUT2D eigenvalue weighted by molar-refractivity contribution is -0.190. The number of nitrogens with one attached hydrogen (secondary N) is 1. The van der Waals surface area contributed by atoms with Crippen LogP contribution >= 0.6 is 0 Å². The van der Waals surface area contributed by atoms with Crippen LogP contribution in [-0.4, -0.2) is 54.8 Å². The summed E-state index contributed by atoms with van der Waals surface area (Å²) < 4.78 is 26.0. The summed E-state index contributed by atoms with van der Waals surface area (Å²) in [6, 6.07) is 0.423. The van der Waals surface area contributed by atoms with Crippen molar-refractivity contribution in [2.24, 2.45) is 0 Å². The molecule has 10 heteroatoms. The molecule has 0 radical (unpaired) electrons. The van der Waals surface area contributed by atoms with Crippen LogP contribution in [0, 0.1) is 25.7 Å². The number of hydrogen-bond donors (Lipinski definition) is 1. The number of nitrogens with zero attached hydrogens (tertiary/aromatic N) is 5. The van der Waals surface area contributed by atoms with Crippen molar-refractivity contribution in [3.8, 4) is 11.8 Å². The van der Waals surface area contributed by atoms with Gasteiger partial charge in [0, 0.05) is 6.04 Å². The topological polar surface area (TPSA) is 109 Å². The lowest BCUT2D eigenvalue weighted by Crippen LogP contribution is -2.28. The summed E-state index contributed by atoms with van der Waals surface area (Å²) in [7, 11) is 0. The van der Waals surface area contributed by atoms with Gasteiger partial charge in [-0.05, 0) is 40.5 Å². The zero-order valence-corrected chi connectivity index (χ0v) is 19.7. The third-order valence-electron chi connectivity index (χ3n) is 6.73. The highest BCUT2D eigenvalue weighted by Crippen LogP contribution is 2.43. The van der Waals surface area contributed by atoms with Crippen molar-refractivity contribution in [2.45, 2.75) is 89.7 Å². The first-order valence-corrected chi connectivity index (χ1v) is 11.8. The molecule has 1 aliphatic carbocycles. The van der Waals surface area contributed by atoms with Crippen LogP contribution in [0.3, 0.4) is 0 Å². The molecule has 0 spiro atoms. The van der Waals surface area contributed by atoms with Crippen LogP contribution in [0.1, 0.15) is 62.8 Å². The molecule has 10 nitrogen and oxygen atoms in total. The molecule has 2 saturated heterocycles. The van der Waals surface area contributed by atoms with Gasteiger partial charge in [0.2, 0.25) is 0 Å². The minimum atomic E-state index is -0.749. The van der Waals surface area contributed by atoms with E-state index in [0.717, 1.165) is 35.4 Å². The molecular weight excluding hydrogens is 436 g/mol. The van der Waals surface area contributed by atoms with Gasteiger partial charge in [-0.3, -0.25) is 4.57 Å². The maximum absolute atomic E-state index is 6.39. The van der Waals surface area contributed by atoms with Crippen molar-refractivity contribution in [2.75, 3.05) is 5.32 Å². The van der Waals surface area contributed by atoms with Crippen LogP contribution < -0.4 is 5.32 Å². The van der Waals surface area contributed by atoms with Crippen LogP contribution in [0.5, 0.6) is 0 Å². The normalized spacial score (nSPS) is 28.2. The number of ether oxygens (including phenoxy) is 3. The van der Waals surface area contributed by atoms with Crippen molar-refractivity contribution in [3.63, 3.8) is 0 Å². The molecule has 3 aromatic heterocycles. The molecule has 2 aliphatic heterocycles. The van der Waals surface area contributed by atoms with E-state index in [2.05, 4.69) is 37.3 Å². The van der Waals surface area contributed by atoms with Crippen LogP contribution in [0.4, 0.5) is 5.82 Å². The van der Waals surface area contributed by atoms with Crippen molar-refractivity contribution in [1.82, 2.24) is 24.7 Å². The SMILES string of the molecule is Cc1noc(C)c1C#C[C@H]1O[C@@H](n2cnc3c(NC4CCCC4)ncnc32)[C@H]2OC(C)(C)O[C@@H]21. The third-order valence-corrected chi connectivity index (χ3v) is 6.73. The molecule has 0 unspecified atom stereocenters. The third kappa shape index (κ3) is 3.64. The van der Waals surface area contributed by atoms with Crippen LogP contribution in [0.15, 0.2) is 17.2 Å². The van der Waals surface area contributed by atoms with Gasteiger partial charge >= 0.3 is 0 Å². The Morgan fingerprint density at radius 2 is 1.88 bits per heavy atom. The first kappa shape index (κ1) is 21.5. The Balaban J connectivity index is 1.33. The first-order chi connectivity index (χ1) is 16.4. The van der Waals surface area contributed by atoms with Crippen molar-refractivity contribution in [1.29, 1.82) is 0 Å². The summed E-state index contributed by atoms with van der Waals surface area (Å²) in [5.74, 6) is 7.07. The summed E-state index contributed by atoms with van der Waals surface area (Å²) in [6.45, 7) is 7.52. The zero-order valence-electron chi connectivity index (χ0n) is 19.7. The summed E-state index contributed by atoms with van der Waals surface area (Å²) in [6.07, 6.45) is 6.36. The van der Waals surface area contributed by atoms with Crippen LogP contribution in [-0.2, 0) is 14.2 Å². The number of rotatable bonds is 3. The Bertz CT molecular complexity index is 1260. The second-order valence-electron chi connectivity index (χ2n) is 9.65. The van der Waals surface area contributed by atoms with Gasteiger partial charge in [-0.25, -0.2) is 15.0 Å². The van der Waals surface area contributed by atoms with Crippen molar-refractivity contribution < 1.29 is 18.7 Å². The fourth-order valence-corrected chi connectivity index (χ4v) is 5.13. The smallest absolute Gasteiger partial charge is 0.167 e. The van der Waals surface area contributed by atoms with Gasteiger partial charge in [-0.1, -0.05) is 29.8 Å². The highest BCUT2D eigenvalue weighted by atomic mass is 16.8. The molecule has 3 aromatic rings. The van der Waals surface area contributed by atoms with E-state index in [1.54, 1.807) is 12.7 Å². The number of aryl methyl sites for hydroxylation is 2. The fourth-order valence-electron chi connectivity index (χ4n) is 5.13. The van der Waals surface area contributed by atoms with Gasteiger partial charge in [0.25, 0.3) is 0 Å². The molecular formula is C24H28N6O4. The Morgan fingerprint density at radius 1 is 1.09 bits per heavy atom. The molecule has 1 saturated carbocycles. The van der Waals surface area contributed by atoms with E-state index >= 15 is 0 Å². The van der Waals surface area contributed by atoms with Gasteiger partial charge in [0.05, 0.1) is 17.6 Å². The molecule has 6 rings (SSSR count). The van der Waals surface area contributed by atoms with E-state index in [1.807, 2.05) is 32.3 Å². The first-order valence-electron chi connectivity index (χ1n) is 11.8.